The van der Waals surface area contributed by atoms with Crippen molar-refractivity contribution in [3.8, 4) is 11.3 Å². The van der Waals surface area contributed by atoms with Crippen molar-refractivity contribution < 1.29 is 0 Å². The Morgan fingerprint density at radius 3 is 2.79 bits per heavy atom. The van der Waals surface area contributed by atoms with Gasteiger partial charge in [-0.15, -0.1) is 0 Å². The van der Waals surface area contributed by atoms with Gasteiger partial charge in [0.2, 0.25) is 0 Å². The summed E-state index contributed by atoms with van der Waals surface area (Å²) in [5.41, 5.74) is 1.77. The third kappa shape index (κ3) is 2.11. The Kier molecular flexibility index (Phi) is 2.79. The first kappa shape index (κ1) is 9.62. The molecule has 0 aliphatic rings. The highest BCUT2D eigenvalue weighted by molar-refractivity contribution is 9.10. The van der Waals surface area contributed by atoms with Crippen molar-refractivity contribution in [3.63, 3.8) is 0 Å². The molecule has 1 heterocycles. The maximum absolute atomic E-state index is 5.87. The van der Waals surface area contributed by atoms with E-state index < -0.39 is 0 Å². The minimum Gasteiger partial charge on any atom is -0.157 e. The predicted octanol–water partition coefficient (Wildman–Crippen LogP) is 3.56. The maximum atomic E-state index is 5.87. The van der Waals surface area contributed by atoms with Crippen LogP contribution in [0, 0.1) is 0 Å². The van der Waals surface area contributed by atoms with Gasteiger partial charge in [0.25, 0.3) is 0 Å². The van der Waals surface area contributed by atoms with Gasteiger partial charge in [0.1, 0.15) is 0 Å². The molecule has 2 nitrogen and oxygen atoms in total. The lowest BCUT2D eigenvalue weighted by Crippen LogP contribution is -1.86. The number of aromatic nitrogens is 2. The van der Waals surface area contributed by atoms with Crippen molar-refractivity contribution in [2.45, 2.75) is 0 Å². The molecular formula is C10H6BrClN2. The smallest absolute Gasteiger partial charge is 0.0941 e. The topological polar surface area (TPSA) is 25.8 Å². The van der Waals surface area contributed by atoms with Crippen molar-refractivity contribution >= 4 is 27.5 Å². The molecular weight excluding hydrogens is 263 g/mol. The Balaban J connectivity index is 2.49. The van der Waals surface area contributed by atoms with E-state index in [0.29, 0.717) is 5.02 Å². The van der Waals surface area contributed by atoms with Crippen molar-refractivity contribution in [1.29, 1.82) is 0 Å². The quantitative estimate of drug-likeness (QED) is 0.791. The van der Waals surface area contributed by atoms with E-state index in [1.54, 1.807) is 6.20 Å². The molecule has 0 saturated carbocycles. The van der Waals surface area contributed by atoms with E-state index in [0.717, 1.165) is 15.7 Å². The van der Waals surface area contributed by atoms with Gasteiger partial charge in [-0.1, -0.05) is 23.7 Å². The van der Waals surface area contributed by atoms with Gasteiger partial charge < -0.3 is 0 Å². The molecule has 0 unspecified atom stereocenters. The SMILES string of the molecule is Clc1cccc(-c2cc(Br)cnn2)c1. The van der Waals surface area contributed by atoms with E-state index in [-0.39, 0.29) is 0 Å². The van der Waals surface area contributed by atoms with Crippen molar-refractivity contribution in [2.24, 2.45) is 0 Å². The minimum atomic E-state index is 0.698. The van der Waals surface area contributed by atoms with Crippen LogP contribution in [0.4, 0.5) is 0 Å². The number of rotatable bonds is 1. The van der Waals surface area contributed by atoms with Gasteiger partial charge in [-0.25, -0.2) is 0 Å². The number of nitrogens with zero attached hydrogens (tertiary/aromatic N) is 2. The van der Waals surface area contributed by atoms with Crippen LogP contribution >= 0.6 is 27.5 Å². The molecule has 0 aliphatic carbocycles. The van der Waals surface area contributed by atoms with Gasteiger partial charge >= 0.3 is 0 Å². The van der Waals surface area contributed by atoms with Crippen LogP contribution < -0.4 is 0 Å². The standard InChI is InChI=1S/C10H6BrClN2/c11-8-5-10(14-13-6-8)7-2-1-3-9(12)4-7/h1-6H. The molecule has 0 radical (unpaired) electrons. The predicted molar refractivity (Wildman–Crippen MR) is 60.2 cm³/mol. The van der Waals surface area contributed by atoms with Crippen LogP contribution in [0.1, 0.15) is 0 Å². The molecule has 0 N–H and O–H groups in total. The Morgan fingerprint density at radius 2 is 2.07 bits per heavy atom. The Labute approximate surface area is 95.1 Å². The Bertz CT molecular complexity index is 416. The lowest BCUT2D eigenvalue weighted by molar-refractivity contribution is 1.03. The van der Waals surface area contributed by atoms with Gasteiger partial charge in [-0.3, -0.25) is 0 Å². The van der Waals surface area contributed by atoms with Crippen LogP contribution in [0.25, 0.3) is 11.3 Å². The average molecular weight is 270 g/mol. The van der Waals surface area contributed by atoms with Crippen LogP contribution in [0.5, 0.6) is 0 Å². The largest absolute Gasteiger partial charge is 0.157 e. The molecule has 1 aromatic heterocycles. The number of hydrogen-bond acceptors (Lipinski definition) is 2. The van der Waals surface area contributed by atoms with Crippen molar-refractivity contribution in [2.75, 3.05) is 0 Å². The highest BCUT2D eigenvalue weighted by atomic mass is 79.9. The van der Waals surface area contributed by atoms with Crippen LogP contribution in [0.3, 0.4) is 0 Å². The van der Waals surface area contributed by atoms with Crippen LogP contribution in [-0.4, -0.2) is 10.2 Å². The number of benzene rings is 1. The number of hydrogen-bond donors (Lipinski definition) is 0. The maximum Gasteiger partial charge on any atom is 0.0941 e. The Hall–Kier alpha value is -0.930. The lowest BCUT2D eigenvalue weighted by atomic mass is 10.1. The van der Waals surface area contributed by atoms with Gasteiger partial charge in [-0.05, 0) is 34.1 Å². The summed E-state index contributed by atoms with van der Waals surface area (Å²) in [6, 6.07) is 9.43. The summed E-state index contributed by atoms with van der Waals surface area (Å²) in [6.07, 6.45) is 1.65. The Morgan fingerprint density at radius 1 is 1.21 bits per heavy atom. The highest BCUT2D eigenvalue weighted by Gasteiger charge is 2.00. The normalized spacial score (nSPS) is 10.1. The fourth-order valence-electron chi connectivity index (χ4n) is 1.13. The molecule has 0 amide bonds. The van der Waals surface area contributed by atoms with Crippen molar-refractivity contribution in [3.05, 3.63) is 46.0 Å². The molecule has 2 rings (SSSR count). The second-order valence-electron chi connectivity index (χ2n) is 2.77. The van der Waals surface area contributed by atoms with Crippen LogP contribution in [-0.2, 0) is 0 Å². The lowest BCUT2D eigenvalue weighted by Gasteiger charge is -2.00. The van der Waals surface area contributed by atoms with Gasteiger partial charge in [0.05, 0.1) is 11.9 Å². The first-order valence-corrected chi connectivity index (χ1v) is 5.17. The zero-order valence-corrected chi connectivity index (χ0v) is 9.46. The molecule has 0 fully saturated rings. The molecule has 0 aliphatic heterocycles. The second kappa shape index (κ2) is 4.07. The van der Waals surface area contributed by atoms with Crippen LogP contribution in [0.15, 0.2) is 41.0 Å². The summed E-state index contributed by atoms with van der Waals surface area (Å²) in [5, 5.41) is 8.56. The third-order valence-electron chi connectivity index (χ3n) is 1.74. The summed E-state index contributed by atoms with van der Waals surface area (Å²) >= 11 is 9.22. The van der Waals surface area contributed by atoms with E-state index in [1.165, 1.54) is 0 Å². The van der Waals surface area contributed by atoms with E-state index >= 15 is 0 Å². The van der Waals surface area contributed by atoms with Crippen LogP contribution in [0.2, 0.25) is 5.02 Å². The summed E-state index contributed by atoms with van der Waals surface area (Å²) in [6.45, 7) is 0. The van der Waals surface area contributed by atoms with Gasteiger partial charge in [0, 0.05) is 15.1 Å². The van der Waals surface area contributed by atoms with E-state index in [2.05, 4.69) is 26.1 Å². The summed E-state index contributed by atoms with van der Waals surface area (Å²) in [7, 11) is 0. The zero-order chi connectivity index (χ0) is 9.97. The first-order chi connectivity index (χ1) is 6.75. The summed E-state index contributed by atoms with van der Waals surface area (Å²) in [5.74, 6) is 0. The van der Waals surface area contributed by atoms with E-state index in [9.17, 15) is 0 Å². The van der Waals surface area contributed by atoms with Gasteiger partial charge in [-0.2, -0.15) is 10.2 Å². The molecule has 14 heavy (non-hydrogen) atoms. The molecule has 70 valence electrons. The van der Waals surface area contributed by atoms with E-state index in [4.69, 9.17) is 11.6 Å². The van der Waals surface area contributed by atoms with Gasteiger partial charge in [0.15, 0.2) is 0 Å². The molecule has 4 heteroatoms. The van der Waals surface area contributed by atoms with E-state index in [1.807, 2.05) is 30.3 Å². The fourth-order valence-corrected chi connectivity index (χ4v) is 1.63. The molecule has 0 spiro atoms. The fraction of sp³-hybridized carbons (Fsp3) is 0. The monoisotopic (exact) mass is 268 g/mol. The minimum absolute atomic E-state index is 0.698. The second-order valence-corrected chi connectivity index (χ2v) is 4.12. The molecule has 0 atom stereocenters. The summed E-state index contributed by atoms with van der Waals surface area (Å²) in [4.78, 5) is 0. The first-order valence-electron chi connectivity index (χ1n) is 4.00. The third-order valence-corrected chi connectivity index (χ3v) is 2.41. The molecule has 0 saturated heterocycles. The number of halogens is 2. The van der Waals surface area contributed by atoms with Crippen molar-refractivity contribution in [1.82, 2.24) is 10.2 Å². The summed E-state index contributed by atoms with van der Waals surface area (Å²) < 4.78 is 0.905. The molecule has 2 aromatic rings. The molecule has 1 aromatic carbocycles. The highest BCUT2D eigenvalue weighted by Crippen LogP contribution is 2.22. The average Bonchev–Trinajstić information content (AvgIpc) is 2.18. The zero-order valence-electron chi connectivity index (χ0n) is 7.11. The molecule has 0 bridgehead atoms.